The van der Waals surface area contributed by atoms with Gasteiger partial charge in [0.15, 0.2) is 6.10 Å². The van der Waals surface area contributed by atoms with Crippen LogP contribution in [-0.4, -0.2) is 87.4 Å². The van der Waals surface area contributed by atoms with E-state index in [1.54, 1.807) is 12.0 Å². The summed E-state index contributed by atoms with van der Waals surface area (Å²) in [6.07, 6.45) is -0.648. The first-order chi connectivity index (χ1) is 17.0. The molecule has 5 rings (SSSR count). The first kappa shape index (κ1) is 23.3. The summed E-state index contributed by atoms with van der Waals surface area (Å²) in [4.78, 5) is 37.1. The molecule has 35 heavy (non-hydrogen) atoms. The number of aliphatic imine (C=N–C) groups is 1. The van der Waals surface area contributed by atoms with E-state index >= 15 is 0 Å². The number of amides is 2. The Labute approximate surface area is 205 Å². The van der Waals surface area contributed by atoms with Gasteiger partial charge in [-0.15, -0.1) is 0 Å². The molecule has 1 saturated heterocycles. The van der Waals surface area contributed by atoms with Crippen LogP contribution in [-0.2, 0) is 9.53 Å². The molecule has 0 radical (unpaired) electrons. The second-order valence-electron chi connectivity index (χ2n) is 9.26. The van der Waals surface area contributed by atoms with Gasteiger partial charge < -0.3 is 24.8 Å². The summed E-state index contributed by atoms with van der Waals surface area (Å²) >= 11 is 0. The maximum atomic E-state index is 13.2. The molecule has 1 fully saturated rings. The Balaban J connectivity index is 1.20. The number of carbonyl (C=O) groups excluding carboxylic acids is 2. The molecule has 8 heteroatoms. The van der Waals surface area contributed by atoms with Crippen LogP contribution < -0.4 is 10.2 Å². The number of piperazine rings is 1. The average Bonchev–Trinajstić information content (AvgIpc) is 3.48. The van der Waals surface area contributed by atoms with E-state index in [0.29, 0.717) is 31.0 Å². The molecular weight excluding hydrogens is 442 g/mol. The highest BCUT2D eigenvalue weighted by molar-refractivity contribution is 6.14. The Hall–Kier alpha value is -3.49. The van der Waals surface area contributed by atoms with E-state index in [2.05, 4.69) is 27.2 Å². The van der Waals surface area contributed by atoms with Gasteiger partial charge in [0.05, 0.1) is 6.54 Å². The molecule has 1 N–H and O–H groups in total. The fourth-order valence-corrected chi connectivity index (χ4v) is 4.85. The van der Waals surface area contributed by atoms with Crippen LogP contribution in [0.25, 0.3) is 0 Å². The molecule has 8 nitrogen and oxygen atoms in total. The van der Waals surface area contributed by atoms with Crippen LogP contribution in [0.2, 0.25) is 0 Å². The zero-order chi connectivity index (χ0) is 24.4. The third kappa shape index (κ3) is 4.85. The smallest absolute Gasteiger partial charge is 0.256 e. The van der Waals surface area contributed by atoms with Crippen molar-refractivity contribution < 1.29 is 14.3 Å². The van der Waals surface area contributed by atoms with Crippen molar-refractivity contribution in [3.8, 4) is 0 Å². The van der Waals surface area contributed by atoms with E-state index in [1.165, 1.54) is 0 Å². The number of rotatable bonds is 5. The second kappa shape index (κ2) is 10.0. The number of nitrogens with one attached hydrogen (secondary N) is 1. The summed E-state index contributed by atoms with van der Waals surface area (Å²) in [6, 6.07) is 17.2. The van der Waals surface area contributed by atoms with Crippen LogP contribution in [0.4, 0.5) is 5.69 Å². The minimum absolute atomic E-state index is 0.0849. The summed E-state index contributed by atoms with van der Waals surface area (Å²) in [5.41, 5.74) is 4.56. The zero-order valence-corrected chi connectivity index (χ0v) is 20.2. The Bertz CT molecular complexity index is 1150. The van der Waals surface area contributed by atoms with Crippen LogP contribution in [0.3, 0.4) is 0 Å². The number of ether oxygens (including phenoxy) is 1. The van der Waals surface area contributed by atoms with Crippen molar-refractivity contribution in [3.05, 3.63) is 76.9 Å². The van der Waals surface area contributed by atoms with Gasteiger partial charge in [0.1, 0.15) is 5.84 Å². The van der Waals surface area contributed by atoms with Gasteiger partial charge in [-0.25, -0.2) is 0 Å². The van der Waals surface area contributed by atoms with Gasteiger partial charge in [-0.1, -0.05) is 30.3 Å². The van der Waals surface area contributed by atoms with E-state index in [4.69, 9.17) is 4.74 Å². The number of nitrogens with zero attached hydrogens (tertiary/aromatic N) is 4. The highest BCUT2D eigenvalue weighted by Crippen LogP contribution is 2.28. The lowest BCUT2D eigenvalue weighted by atomic mass is 10.1. The number of likely N-dealkylation sites (N-methyl/N-ethyl adjacent to an activating group) is 1. The van der Waals surface area contributed by atoms with Crippen molar-refractivity contribution in [2.75, 3.05) is 64.9 Å². The summed E-state index contributed by atoms with van der Waals surface area (Å²) in [6.45, 7) is 5.47. The molecule has 0 saturated carbocycles. The summed E-state index contributed by atoms with van der Waals surface area (Å²) < 4.78 is 5.53. The minimum atomic E-state index is -0.648. The lowest BCUT2D eigenvalue weighted by Gasteiger charge is -2.34. The number of hydrogen-bond donors (Lipinski definition) is 1. The van der Waals surface area contributed by atoms with Gasteiger partial charge in [0, 0.05) is 63.2 Å². The van der Waals surface area contributed by atoms with Crippen LogP contribution in [0.15, 0.2) is 70.7 Å². The van der Waals surface area contributed by atoms with E-state index in [9.17, 15) is 9.59 Å². The lowest BCUT2D eigenvalue weighted by molar-refractivity contribution is -0.141. The molecule has 0 spiro atoms. The SMILES string of the molecule is COC(C(=O)N1CC2=C(C1)C(NC(=O)c1ccc(N3CCN(C)CC3)cc1)=NC2)c1ccccc1. The Morgan fingerprint density at radius 1 is 0.971 bits per heavy atom. The molecule has 3 aliphatic rings. The van der Waals surface area contributed by atoms with Crippen LogP contribution in [0, 0.1) is 0 Å². The summed E-state index contributed by atoms with van der Waals surface area (Å²) in [7, 11) is 3.69. The fourth-order valence-electron chi connectivity index (χ4n) is 4.85. The zero-order valence-electron chi connectivity index (χ0n) is 20.2. The molecular formula is C27H31N5O3. The Kier molecular flexibility index (Phi) is 6.66. The number of methoxy groups -OCH3 is 1. The van der Waals surface area contributed by atoms with E-state index in [1.807, 2.05) is 54.6 Å². The van der Waals surface area contributed by atoms with Gasteiger partial charge >= 0.3 is 0 Å². The fraction of sp³-hybridized carbons (Fsp3) is 0.370. The molecule has 1 atom stereocenters. The van der Waals surface area contributed by atoms with Crippen molar-refractivity contribution in [1.82, 2.24) is 15.1 Å². The molecule has 2 aromatic carbocycles. The normalized spacial score (nSPS) is 19.0. The third-order valence-corrected chi connectivity index (χ3v) is 6.98. The van der Waals surface area contributed by atoms with Crippen molar-refractivity contribution >= 4 is 23.3 Å². The van der Waals surface area contributed by atoms with Crippen LogP contribution in [0.1, 0.15) is 22.0 Å². The molecule has 0 aromatic heterocycles. The van der Waals surface area contributed by atoms with Crippen LogP contribution >= 0.6 is 0 Å². The number of hydrogen-bond acceptors (Lipinski definition) is 6. The predicted molar refractivity (Wildman–Crippen MR) is 136 cm³/mol. The van der Waals surface area contributed by atoms with Gasteiger partial charge in [-0.2, -0.15) is 0 Å². The first-order valence-corrected chi connectivity index (χ1v) is 12.0. The number of carbonyl (C=O) groups is 2. The van der Waals surface area contributed by atoms with E-state index in [0.717, 1.165) is 48.6 Å². The predicted octanol–water partition coefficient (Wildman–Crippen LogP) is 2.11. The first-order valence-electron chi connectivity index (χ1n) is 12.0. The standard InChI is InChI=1S/C27H31N5O3/c1-30-12-14-31(15-13-30)22-10-8-20(9-11-22)26(33)29-25-23-18-32(17-21(23)16-28-25)27(34)24(35-2)19-6-4-3-5-7-19/h3-11,24H,12-18H2,1-2H3,(H,28,29,33). The monoisotopic (exact) mass is 473 g/mol. The topological polar surface area (TPSA) is 77.5 Å². The van der Waals surface area contributed by atoms with E-state index in [-0.39, 0.29) is 11.8 Å². The molecule has 182 valence electrons. The molecule has 0 aliphatic carbocycles. The molecule has 1 unspecified atom stereocenters. The van der Waals surface area contributed by atoms with Crippen molar-refractivity contribution in [2.24, 2.45) is 4.99 Å². The summed E-state index contributed by atoms with van der Waals surface area (Å²) in [5, 5.41) is 2.97. The highest BCUT2D eigenvalue weighted by atomic mass is 16.5. The van der Waals surface area contributed by atoms with Crippen molar-refractivity contribution in [2.45, 2.75) is 6.10 Å². The largest absolute Gasteiger partial charge is 0.369 e. The molecule has 2 aromatic rings. The number of amidine groups is 1. The molecule has 3 aliphatic heterocycles. The molecule has 3 heterocycles. The van der Waals surface area contributed by atoms with Crippen molar-refractivity contribution in [3.63, 3.8) is 0 Å². The molecule has 0 bridgehead atoms. The molecule has 2 amide bonds. The highest BCUT2D eigenvalue weighted by Gasteiger charge is 2.35. The Morgan fingerprint density at radius 2 is 1.69 bits per heavy atom. The Morgan fingerprint density at radius 3 is 2.37 bits per heavy atom. The van der Waals surface area contributed by atoms with Gasteiger partial charge in [-0.05, 0) is 42.4 Å². The minimum Gasteiger partial charge on any atom is -0.369 e. The second-order valence-corrected chi connectivity index (χ2v) is 9.26. The average molecular weight is 474 g/mol. The maximum Gasteiger partial charge on any atom is 0.256 e. The number of anilines is 1. The number of benzene rings is 2. The lowest BCUT2D eigenvalue weighted by Crippen LogP contribution is -2.44. The van der Waals surface area contributed by atoms with Gasteiger partial charge in [-0.3, -0.25) is 14.6 Å². The maximum absolute atomic E-state index is 13.2. The summed E-state index contributed by atoms with van der Waals surface area (Å²) in [5.74, 6) is 0.293. The van der Waals surface area contributed by atoms with Crippen molar-refractivity contribution in [1.29, 1.82) is 0 Å². The van der Waals surface area contributed by atoms with Crippen LogP contribution in [0.5, 0.6) is 0 Å². The quantitative estimate of drug-likeness (QED) is 0.720. The third-order valence-electron chi connectivity index (χ3n) is 6.98. The van der Waals surface area contributed by atoms with Gasteiger partial charge in [0.2, 0.25) is 0 Å². The van der Waals surface area contributed by atoms with Gasteiger partial charge in [0.25, 0.3) is 11.8 Å². The van der Waals surface area contributed by atoms with E-state index < -0.39 is 6.10 Å².